The Labute approximate surface area is 111 Å². The van der Waals surface area contributed by atoms with Crippen LogP contribution in [0.3, 0.4) is 0 Å². The van der Waals surface area contributed by atoms with Crippen LogP contribution in [0.25, 0.3) is 0 Å². The van der Waals surface area contributed by atoms with Gasteiger partial charge in [0, 0.05) is 19.1 Å². The maximum atomic E-state index is 4.24. The summed E-state index contributed by atoms with van der Waals surface area (Å²) in [4.78, 5) is 0. The van der Waals surface area contributed by atoms with Crippen LogP contribution in [0.15, 0.2) is 6.07 Å². The molecule has 0 radical (unpaired) electrons. The summed E-state index contributed by atoms with van der Waals surface area (Å²) in [5.41, 5.74) is 3.36. The topological polar surface area (TPSA) is 49.8 Å². The van der Waals surface area contributed by atoms with Gasteiger partial charge in [-0.3, -0.25) is 0 Å². The average molecular weight is 250 g/mol. The molecule has 4 nitrogen and oxygen atoms in total. The number of rotatable bonds is 8. The van der Waals surface area contributed by atoms with Crippen LogP contribution in [0.4, 0.5) is 0 Å². The Morgan fingerprint density at radius 2 is 2.06 bits per heavy atom. The van der Waals surface area contributed by atoms with Crippen molar-refractivity contribution in [2.24, 2.45) is 0 Å². The van der Waals surface area contributed by atoms with Gasteiger partial charge in [-0.2, -0.15) is 10.2 Å². The van der Waals surface area contributed by atoms with Crippen molar-refractivity contribution in [2.45, 2.75) is 53.1 Å². The fourth-order valence-corrected chi connectivity index (χ4v) is 1.87. The molecular formula is C14H26N4. The molecule has 18 heavy (non-hydrogen) atoms. The van der Waals surface area contributed by atoms with E-state index >= 15 is 0 Å². The molecule has 1 aromatic heterocycles. The molecule has 0 spiro atoms. The number of nitrogens with zero attached hydrogens (tertiary/aromatic N) is 2. The minimum Gasteiger partial charge on any atom is -0.315 e. The molecule has 0 aliphatic heterocycles. The first-order valence-corrected chi connectivity index (χ1v) is 6.93. The minimum atomic E-state index is 0.467. The molecule has 0 aromatic carbocycles. The molecule has 0 aliphatic rings. The maximum absolute atomic E-state index is 4.24. The fourth-order valence-electron chi connectivity index (χ4n) is 1.87. The van der Waals surface area contributed by atoms with E-state index in [2.05, 4.69) is 47.7 Å². The van der Waals surface area contributed by atoms with Crippen LogP contribution < -0.4 is 10.6 Å². The molecule has 4 heteroatoms. The van der Waals surface area contributed by atoms with E-state index in [0.29, 0.717) is 6.04 Å². The van der Waals surface area contributed by atoms with Crippen LogP contribution >= 0.6 is 0 Å². The number of hydrogen-bond acceptors (Lipinski definition) is 4. The van der Waals surface area contributed by atoms with Gasteiger partial charge in [0.15, 0.2) is 0 Å². The van der Waals surface area contributed by atoms with Crippen LogP contribution in [-0.2, 0) is 13.0 Å². The number of aromatic nitrogens is 2. The van der Waals surface area contributed by atoms with Crippen molar-refractivity contribution in [3.63, 3.8) is 0 Å². The van der Waals surface area contributed by atoms with Crippen molar-refractivity contribution < 1.29 is 0 Å². The van der Waals surface area contributed by atoms with Crippen molar-refractivity contribution in [3.8, 4) is 0 Å². The van der Waals surface area contributed by atoms with Crippen LogP contribution in [0.2, 0.25) is 0 Å². The van der Waals surface area contributed by atoms with Crippen LogP contribution in [0.1, 0.15) is 44.1 Å². The zero-order valence-corrected chi connectivity index (χ0v) is 12.1. The van der Waals surface area contributed by atoms with Gasteiger partial charge in [0.05, 0.1) is 11.4 Å². The highest BCUT2D eigenvalue weighted by Crippen LogP contribution is 2.07. The van der Waals surface area contributed by atoms with Crippen LogP contribution in [0, 0.1) is 6.92 Å². The van der Waals surface area contributed by atoms with E-state index in [1.165, 1.54) is 12.0 Å². The smallest absolute Gasteiger partial charge is 0.0673 e. The van der Waals surface area contributed by atoms with Crippen LogP contribution in [-0.4, -0.2) is 29.3 Å². The Balaban J connectivity index is 2.44. The molecule has 2 N–H and O–H groups in total. The van der Waals surface area contributed by atoms with Crippen molar-refractivity contribution >= 4 is 0 Å². The lowest BCUT2D eigenvalue weighted by Crippen LogP contribution is -2.36. The van der Waals surface area contributed by atoms with Crippen molar-refractivity contribution in [3.05, 3.63) is 23.0 Å². The Morgan fingerprint density at radius 1 is 1.28 bits per heavy atom. The predicted molar refractivity (Wildman–Crippen MR) is 75.6 cm³/mol. The molecule has 0 amide bonds. The average Bonchev–Trinajstić information content (AvgIpc) is 2.37. The normalized spacial score (nSPS) is 12.7. The van der Waals surface area contributed by atoms with Gasteiger partial charge in [0.2, 0.25) is 0 Å². The largest absolute Gasteiger partial charge is 0.315 e. The van der Waals surface area contributed by atoms with E-state index < -0.39 is 0 Å². The number of hydrogen-bond donors (Lipinski definition) is 2. The van der Waals surface area contributed by atoms with Gasteiger partial charge in [-0.1, -0.05) is 13.8 Å². The zero-order chi connectivity index (χ0) is 13.4. The molecule has 1 unspecified atom stereocenters. The fraction of sp³-hybridized carbons (Fsp3) is 0.714. The Kier molecular flexibility index (Phi) is 6.83. The highest BCUT2D eigenvalue weighted by molar-refractivity contribution is 5.20. The van der Waals surface area contributed by atoms with E-state index in [-0.39, 0.29) is 0 Å². The van der Waals surface area contributed by atoms with E-state index in [1.54, 1.807) is 0 Å². The summed E-state index contributed by atoms with van der Waals surface area (Å²) >= 11 is 0. The molecule has 0 saturated heterocycles. The highest BCUT2D eigenvalue weighted by atomic mass is 15.1. The molecule has 1 atom stereocenters. The molecular weight excluding hydrogens is 224 g/mol. The Bertz CT molecular complexity index is 352. The second-order valence-electron chi connectivity index (χ2n) is 4.80. The van der Waals surface area contributed by atoms with Gasteiger partial charge < -0.3 is 10.6 Å². The second kappa shape index (κ2) is 8.16. The Hall–Kier alpha value is -1.00. The maximum Gasteiger partial charge on any atom is 0.0673 e. The van der Waals surface area contributed by atoms with E-state index in [4.69, 9.17) is 0 Å². The van der Waals surface area contributed by atoms with Crippen molar-refractivity contribution in [1.29, 1.82) is 0 Å². The predicted octanol–water partition coefficient (Wildman–Crippen LogP) is 1.83. The van der Waals surface area contributed by atoms with E-state index in [1.807, 2.05) is 6.92 Å². The molecule has 0 fully saturated rings. The third-order valence-corrected chi connectivity index (χ3v) is 2.94. The van der Waals surface area contributed by atoms with E-state index in [0.717, 1.165) is 37.4 Å². The highest BCUT2D eigenvalue weighted by Gasteiger charge is 2.06. The molecule has 1 aromatic rings. The first kappa shape index (κ1) is 15.1. The van der Waals surface area contributed by atoms with Gasteiger partial charge >= 0.3 is 0 Å². The lowest BCUT2D eigenvalue weighted by Gasteiger charge is -2.15. The summed E-state index contributed by atoms with van der Waals surface area (Å²) < 4.78 is 0. The summed E-state index contributed by atoms with van der Waals surface area (Å²) in [6.07, 6.45) is 2.12. The zero-order valence-electron chi connectivity index (χ0n) is 12.1. The standard InChI is InChI=1S/C14H26N4/c1-5-7-15-9-12(4)16-10-13-8-11(3)17-18-14(13)6-2/h8,12,15-16H,5-7,9-10H2,1-4H3. The van der Waals surface area contributed by atoms with Gasteiger partial charge in [-0.05, 0) is 44.9 Å². The summed E-state index contributed by atoms with van der Waals surface area (Å²) in [6.45, 7) is 11.5. The number of aryl methyl sites for hydroxylation is 2. The number of nitrogens with one attached hydrogen (secondary N) is 2. The van der Waals surface area contributed by atoms with E-state index in [9.17, 15) is 0 Å². The summed E-state index contributed by atoms with van der Waals surface area (Å²) in [5, 5.41) is 15.3. The monoisotopic (exact) mass is 250 g/mol. The Morgan fingerprint density at radius 3 is 2.72 bits per heavy atom. The molecule has 1 rings (SSSR count). The third kappa shape index (κ3) is 5.10. The van der Waals surface area contributed by atoms with Crippen LogP contribution in [0.5, 0.6) is 0 Å². The quantitative estimate of drug-likeness (QED) is 0.691. The summed E-state index contributed by atoms with van der Waals surface area (Å²) in [6, 6.07) is 2.60. The first-order valence-electron chi connectivity index (χ1n) is 6.93. The molecule has 0 bridgehead atoms. The molecule has 1 heterocycles. The van der Waals surface area contributed by atoms with Crippen molar-refractivity contribution in [2.75, 3.05) is 13.1 Å². The molecule has 0 aliphatic carbocycles. The van der Waals surface area contributed by atoms with Gasteiger partial charge in [0.25, 0.3) is 0 Å². The SMILES string of the molecule is CCCNCC(C)NCc1cc(C)nnc1CC. The van der Waals surface area contributed by atoms with Gasteiger partial charge in [-0.25, -0.2) is 0 Å². The first-order chi connectivity index (χ1) is 8.67. The second-order valence-corrected chi connectivity index (χ2v) is 4.80. The molecule has 102 valence electrons. The summed E-state index contributed by atoms with van der Waals surface area (Å²) in [5.74, 6) is 0. The molecule has 0 saturated carbocycles. The summed E-state index contributed by atoms with van der Waals surface area (Å²) in [7, 11) is 0. The van der Waals surface area contributed by atoms with Gasteiger partial charge in [-0.15, -0.1) is 0 Å². The minimum absolute atomic E-state index is 0.467. The lowest BCUT2D eigenvalue weighted by atomic mass is 10.1. The van der Waals surface area contributed by atoms with Gasteiger partial charge in [0.1, 0.15) is 0 Å². The van der Waals surface area contributed by atoms with Crippen molar-refractivity contribution in [1.82, 2.24) is 20.8 Å². The lowest BCUT2D eigenvalue weighted by molar-refractivity contribution is 0.499. The third-order valence-electron chi connectivity index (χ3n) is 2.94.